The lowest BCUT2D eigenvalue weighted by atomic mass is 9.79. The number of rotatable bonds is 6. The maximum atomic E-state index is 6.93. The van der Waals surface area contributed by atoms with Gasteiger partial charge < -0.3 is 14.2 Å². The molecule has 3 aromatic carbocycles. The number of fused-ring (bicyclic) bond motifs is 1. The largest absolute Gasteiger partial charge is 0.358 e. The molecule has 0 N–H and O–H groups in total. The minimum Gasteiger partial charge on any atom is -0.358 e. The Morgan fingerprint density at radius 3 is 1.60 bits per heavy atom. The Morgan fingerprint density at radius 2 is 1.13 bits per heavy atom. The molecule has 0 amide bonds. The van der Waals surface area contributed by atoms with Crippen LogP contribution < -0.4 is 0 Å². The van der Waals surface area contributed by atoms with Crippen LogP contribution >= 0.6 is 0 Å². The van der Waals surface area contributed by atoms with E-state index in [2.05, 4.69) is 86.6 Å². The summed E-state index contributed by atoms with van der Waals surface area (Å²) >= 11 is 0. The molecule has 5 atom stereocenters. The molecule has 0 bridgehead atoms. The Bertz CT molecular complexity index is 861. The summed E-state index contributed by atoms with van der Waals surface area (Å²) in [7, 11) is 0. The summed E-state index contributed by atoms with van der Waals surface area (Å²) in [5.74, 6) is 0.839. The van der Waals surface area contributed by atoms with Crippen LogP contribution in [0, 0.1) is 11.8 Å². The molecular formula is C27H28O3. The second-order valence-corrected chi connectivity index (χ2v) is 8.45. The van der Waals surface area contributed by atoms with Crippen molar-refractivity contribution in [3.8, 4) is 0 Å². The summed E-state index contributed by atoms with van der Waals surface area (Å²) in [5, 5.41) is 0. The standard InChI is InChI=1S/C27H28O3/c1-19-20(2)25-26(30-25)29-24(19)18-28-27(21-12-6-3-7-13-21,22-14-8-4-9-15-22)23-16-10-5-11-17-23/h3-17,19-20,24-26H,18H2,1-2H3/t19?,20?,24-,25?,26?/m1/s1. The molecule has 2 saturated heterocycles. The Kier molecular flexibility index (Phi) is 5.20. The van der Waals surface area contributed by atoms with E-state index in [0.717, 1.165) is 16.7 Å². The highest BCUT2D eigenvalue weighted by molar-refractivity contribution is 5.47. The summed E-state index contributed by atoms with van der Waals surface area (Å²) in [4.78, 5) is 0. The maximum absolute atomic E-state index is 6.93. The monoisotopic (exact) mass is 400 g/mol. The van der Waals surface area contributed by atoms with Crippen LogP contribution in [0.1, 0.15) is 30.5 Å². The summed E-state index contributed by atoms with van der Waals surface area (Å²) in [6.45, 7) is 4.99. The van der Waals surface area contributed by atoms with Gasteiger partial charge in [-0.3, -0.25) is 0 Å². The predicted octanol–water partition coefficient (Wildman–Crippen LogP) is 5.39. The summed E-state index contributed by atoms with van der Waals surface area (Å²) in [5.41, 5.74) is 2.62. The van der Waals surface area contributed by atoms with Gasteiger partial charge in [-0.2, -0.15) is 0 Å². The van der Waals surface area contributed by atoms with Crippen molar-refractivity contribution in [3.05, 3.63) is 108 Å². The van der Waals surface area contributed by atoms with Gasteiger partial charge in [-0.05, 0) is 28.5 Å². The van der Waals surface area contributed by atoms with Crippen molar-refractivity contribution in [2.75, 3.05) is 6.61 Å². The molecule has 0 radical (unpaired) electrons. The number of hydrogen-bond acceptors (Lipinski definition) is 3. The molecule has 2 aliphatic heterocycles. The molecule has 3 heteroatoms. The molecule has 0 saturated carbocycles. The second kappa shape index (κ2) is 7.99. The topological polar surface area (TPSA) is 31.0 Å². The summed E-state index contributed by atoms with van der Waals surface area (Å²) in [6, 6.07) is 31.5. The van der Waals surface area contributed by atoms with Crippen LogP contribution in [0.3, 0.4) is 0 Å². The zero-order valence-corrected chi connectivity index (χ0v) is 17.5. The molecule has 3 aromatic rings. The molecule has 30 heavy (non-hydrogen) atoms. The van der Waals surface area contributed by atoms with Crippen LogP contribution in [0.25, 0.3) is 0 Å². The van der Waals surface area contributed by atoms with Crippen molar-refractivity contribution in [1.82, 2.24) is 0 Å². The highest BCUT2D eigenvalue weighted by Gasteiger charge is 2.53. The lowest BCUT2D eigenvalue weighted by molar-refractivity contribution is -0.121. The fraction of sp³-hybridized carbons (Fsp3) is 0.333. The van der Waals surface area contributed by atoms with Gasteiger partial charge in [-0.1, -0.05) is 105 Å². The Hall–Kier alpha value is -2.46. The van der Waals surface area contributed by atoms with Gasteiger partial charge in [0.2, 0.25) is 0 Å². The quantitative estimate of drug-likeness (QED) is 0.411. The van der Waals surface area contributed by atoms with Crippen molar-refractivity contribution in [2.45, 2.75) is 37.9 Å². The van der Waals surface area contributed by atoms with Gasteiger partial charge in [0.05, 0.1) is 12.7 Å². The van der Waals surface area contributed by atoms with Crippen LogP contribution in [0.15, 0.2) is 91.0 Å². The normalized spacial score (nSPS) is 28.0. The minimum atomic E-state index is -0.711. The molecule has 0 aliphatic carbocycles. The first-order chi connectivity index (χ1) is 14.7. The number of hydrogen-bond donors (Lipinski definition) is 0. The van der Waals surface area contributed by atoms with E-state index < -0.39 is 5.60 Å². The van der Waals surface area contributed by atoms with Crippen molar-refractivity contribution < 1.29 is 14.2 Å². The van der Waals surface area contributed by atoms with Gasteiger partial charge in [0.1, 0.15) is 11.7 Å². The van der Waals surface area contributed by atoms with E-state index in [9.17, 15) is 0 Å². The number of benzene rings is 3. The highest BCUT2D eigenvalue weighted by atomic mass is 16.8. The summed E-state index contributed by atoms with van der Waals surface area (Å²) < 4.78 is 18.8. The third kappa shape index (κ3) is 3.37. The van der Waals surface area contributed by atoms with E-state index in [1.807, 2.05) is 18.2 Å². The smallest absolute Gasteiger partial charge is 0.185 e. The molecule has 2 heterocycles. The van der Waals surface area contributed by atoms with Crippen molar-refractivity contribution in [1.29, 1.82) is 0 Å². The first-order valence-electron chi connectivity index (χ1n) is 10.8. The van der Waals surface area contributed by atoms with E-state index in [-0.39, 0.29) is 18.5 Å². The molecule has 0 aromatic heterocycles. The molecule has 154 valence electrons. The maximum Gasteiger partial charge on any atom is 0.185 e. The molecule has 5 rings (SSSR count). The Labute approximate surface area is 178 Å². The van der Waals surface area contributed by atoms with Gasteiger partial charge in [-0.25, -0.2) is 0 Å². The van der Waals surface area contributed by atoms with E-state index in [1.54, 1.807) is 0 Å². The van der Waals surface area contributed by atoms with Crippen LogP contribution in [0.2, 0.25) is 0 Å². The van der Waals surface area contributed by atoms with E-state index >= 15 is 0 Å². The first-order valence-corrected chi connectivity index (χ1v) is 10.8. The third-order valence-electron chi connectivity index (χ3n) is 6.73. The average molecular weight is 401 g/mol. The average Bonchev–Trinajstić information content (AvgIpc) is 3.59. The van der Waals surface area contributed by atoms with Crippen molar-refractivity contribution in [2.24, 2.45) is 11.8 Å². The molecule has 2 fully saturated rings. The van der Waals surface area contributed by atoms with Gasteiger partial charge in [0.15, 0.2) is 6.29 Å². The van der Waals surface area contributed by atoms with Crippen molar-refractivity contribution >= 4 is 0 Å². The molecular weight excluding hydrogens is 372 g/mol. The lowest BCUT2D eigenvalue weighted by Crippen LogP contribution is -2.43. The zero-order chi connectivity index (χ0) is 20.6. The van der Waals surface area contributed by atoms with Crippen LogP contribution in [-0.2, 0) is 19.8 Å². The summed E-state index contributed by atoms with van der Waals surface area (Å²) in [6.07, 6.45) is 0.182. The van der Waals surface area contributed by atoms with Crippen molar-refractivity contribution in [3.63, 3.8) is 0 Å². The zero-order valence-electron chi connectivity index (χ0n) is 17.5. The third-order valence-corrected chi connectivity index (χ3v) is 6.73. The molecule has 4 unspecified atom stereocenters. The highest BCUT2D eigenvalue weighted by Crippen LogP contribution is 2.45. The molecule has 0 spiro atoms. The Morgan fingerprint density at radius 1 is 0.667 bits per heavy atom. The molecule has 2 aliphatic rings. The van der Waals surface area contributed by atoms with Crippen LogP contribution in [0.4, 0.5) is 0 Å². The van der Waals surface area contributed by atoms with Gasteiger partial charge in [0, 0.05) is 0 Å². The van der Waals surface area contributed by atoms with Gasteiger partial charge in [-0.15, -0.1) is 0 Å². The molecule has 3 nitrogen and oxygen atoms in total. The second-order valence-electron chi connectivity index (χ2n) is 8.45. The van der Waals surface area contributed by atoms with Crippen LogP contribution in [0.5, 0.6) is 0 Å². The Balaban J connectivity index is 1.57. The van der Waals surface area contributed by atoms with E-state index in [1.165, 1.54) is 0 Å². The minimum absolute atomic E-state index is 0.000684. The SMILES string of the molecule is CC1C2OC2O[C@H](COC(c2ccccc2)(c2ccccc2)c2ccccc2)C1C. The van der Waals surface area contributed by atoms with Gasteiger partial charge in [0.25, 0.3) is 0 Å². The van der Waals surface area contributed by atoms with Gasteiger partial charge >= 0.3 is 0 Å². The first kappa shape index (κ1) is 19.5. The van der Waals surface area contributed by atoms with E-state index in [4.69, 9.17) is 14.2 Å². The fourth-order valence-electron chi connectivity index (χ4n) is 4.69. The predicted molar refractivity (Wildman–Crippen MR) is 117 cm³/mol. The fourth-order valence-corrected chi connectivity index (χ4v) is 4.69. The van der Waals surface area contributed by atoms with Crippen LogP contribution in [-0.4, -0.2) is 25.1 Å². The number of epoxide rings is 1. The van der Waals surface area contributed by atoms with E-state index in [0.29, 0.717) is 18.4 Å². The lowest BCUT2D eigenvalue weighted by Gasteiger charge is -2.39. The number of ether oxygens (including phenoxy) is 3.